The van der Waals surface area contributed by atoms with Crippen molar-refractivity contribution in [1.29, 1.82) is 0 Å². The largest absolute Gasteiger partial charge is 0.756 e. The fraction of sp³-hybridized carbons (Fsp3) is 0.333. The van der Waals surface area contributed by atoms with Crippen molar-refractivity contribution >= 4 is 13.7 Å². The third-order valence-corrected chi connectivity index (χ3v) is 2.75. The molecular formula is C9H12N2O5P-. The first-order chi connectivity index (χ1) is 8.05. The molecule has 1 aromatic rings. The summed E-state index contributed by atoms with van der Waals surface area (Å²) < 4.78 is 19.3. The lowest BCUT2D eigenvalue weighted by Gasteiger charge is -2.20. The number of hydrogen-bond donors (Lipinski definition) is 1. The van der Waals surface area contributed by atoms with Crippen molar-refractivity contribution in [1.82, 2.24) is 10.3 Å². The highest BCUT2D eigenvalue weighted by atomic mass is 31.2. The molecule has 1 heterocycles. The first kappa shape index (κ1) is 13.8. The summed E-state index contributed by atoms with van der Waals surface area (Å²) in [6.45, 7) is -0.109. The number of rotatable bonds is 6. The Balaban J connectivity index is 2.29. The second-order valence-corrected chi connectivity index (χ2v) is 4.47. The standard InChI is InChI=1S/C9H13N2O5P/c1-15-17(13,14)16-7-6-11-9(12)8-2-4-10-5-3-8/h2-5H,6-7H2,1H3,(H,11,12)(H,13,14)/p-1. The van der Waals surface area contributed by atoms with Crippen LogP contribution in [0.2, 0.25) is 0 Å². The molecule has 1 aromatic heterocycles. The molecular weight excluding hydrogens is 247 g/mol. The average molecular weight is 259 g/mol. The Labute approximate surface area is 98.4 Å². The molecule has 94 valence electrons. The van der Waals surface area contributed by atoms with Crippen LogP contribution in [0.4, 0.5) is 0 Å². The molecule has 1 amide bonds. The van der Waals surface area contributed by atoms with Crippen LogP contribution >= 0.6 is 7.82 Å². The topological polar surface area (TPSA) is 101 Å². The summed E-state index contributed by atoms with van der Waals surface area (Å²) in [5, 5.41) is 2.49. The van der Waals surface area contributed by atoms with Crippen LogP contribution < -0.4 is 10.2 Å². The highest BCUT2D eigenvalue weighted by Crippen LogP contribution is 2.36. The molecule has 0 bridgehead atoms. The van der Waals surface area contributed by atoms with Gasteiger partial charge in [0.2, 0.25) is 0 Å². The summed E-state index contributed by atoms with van der Waals surface area (Å²) >= 11 is 0. The van der Waals surface area contributed by atoms with E-state index in [0.717, 1.165) is 7.11 Å². The lowest BCUT2D eigenvalue weighted by molar-refractivity contribution is -0.222. The van der Waals surface area contributed by atoms with Crippen LogP contribution in [-0.2, 0) is 13.6 Å². The third kappa shape index (κ3) is 5.06. The smallest absolute Gasteiger partial charge is 0.267 e. The van der Waals surface area contributed by atoms with E-state index in [-0.39, 0.29) is 19.1 Å². The van der Waals surface area contributed by atoms with Gasteiger partial charge in [0.25, 0.3) is 13.7 Å². The van der Waals surface area contributed by atoms with Crippen LogP contribution in [0.25, 0.3) is 0 Å². The maximum atomic E-state index is 11.5. The van der Waals surface area contributed by atoms with Gasteiger partial charge in [-0.1, -0.05) is 0 Å². The van der Waals surface area contributed by atoms with Gasteiger partial charge in [-0.2, -0.15) is 0 Å². The van der Waals surface area contributed by atoms with E-state index in [4.69, 9.17) is 0 Å². The molecule has 0 spiro atoms. The average Bonchev–Trinajstić information content (AvgIpc) is 2.35. The molecule has 1 atom stereocenters. The summed E-state index contributed by atoms with van der Waals surface area (Å²) in [6, 6.07) is 3.09. The van der Waals surface area contributed by atoms with Crippen LogP contribution in [0.3, 0.4) is 0 Å². The third-order valence-electron chi connectivity index (χ3n) is 1.80. The molecule has 1 unspecified atom stereocenters. The van der Waals surface area contributed by atoms with Crippen molar-refractivity contribution in [3.8, 4) is 0 Å². The zero-order valence-electron chi connectivity index (χ0n) is 9.16. The predicted molar refractivity (Wildman–Crippen MR) is 57.1 cm³/mol. The van der Waals surface area contributed by atoms with Gasteiger partial charge in [0, 0.05) is 31.6 Å². The number of aromatic nitrogens is 1. The van der Waals surface area contributed by atoms with Gasteiger partial charge in [-0.05, 0) is 12.1 Å². The Morgan fingerprint density at radius 2 is 2.18 bits per heavy atom. The van der Waals surface area contributed by atoms with Crippen LogP contribution in [-0.4, -0.2) is 31.2 Å². The molecule has 0 aromatic carbocycles. The van der Waals surface area contributed by atoms with Gasteiger partial charge in [0.1, 0.15) is 0 Å². The summed E-state index contributed by atoms with van der Waals surface area (Å²) in [7, 11) is -3.21. The SMILES string of the molecule is COP(=O)([O-])OCCNC(=O)c1ccncc1. The van der Waals surface area contributed by atoms with Crippen molar-refractivity contribution in [3.63, 3.8) is 0 Å². The monoisotopic (exact) mass is 259 g/mol. The maximum absolute atomic E-state index is 11.5. The van der Waals surface area contributed by atoms with E-state index in [1.807, 2.05) is 0 Å². The van der Waals surface area contributed by atoms with E-state index in [0.29, 0.717) is 5.56 Å². The molecule has 7 nitrogen and oxygen atoms in total. The first-order valence-corrected chi connectivity index (χ1v) is 6.21. The molecule has 1 rings (SSSR count). The van der Waals surface area contributed by atoms with E-state index in [1.165, 1.54) is 12.4 Å². The fourth-order valence-electron chi connectivity index (χ4n) is 0.980. The van der Waals surface area contributed by atoms with Gasteiger partial charge in [-0.15, -0.1) is 0 Å². The maximum Gasteiger partial charge on any atom is 0.267 e. The number of amides is 1. The summed E-state index contributed by atoms with van der Waals surface area (Å²) in [4.78, 5) is 26.0. The molecule has 0 aliphatic heterocycles. The molecule has 8 heteroatoms. The van der Waals surface area contributed by atoms with Crippen LogP contribution in [0, 0.1) is 0 Å². The van der Waals surface area contributed by atoms with E-state index >= 15 is 0 Å². The summed E-state index contributed by atoms with van der Waals surface area (Å²) in [5.41, 5.74) is 0.442. The molecule has 0 radical (unpaired) electrons. The zero-order chi connectivity index (χ0) is 12.7. The van der Waals surface area contributed by atoms with Crippen LogP contribution in [0.15, 0.2) is 24.5 Å². The lowest BCUT2D eigenvalue weighted by Crippen LogP contribution is -2.27. The van der Waals surface area contributed by atoms with Gasteiger partial charge in [0.15, 0.2) is 0 Å². The predicted octanol–water partition coefficient (Wildman–Crippen LogP) is -0.0572. The summed E-state index contributed by atoms with van der Waals surface area (Å²) in [6.07, 6.45) is 2.98. The quantitative estimate of drug-likeness (QED) is 0.567. The number of nitrogens with zero attached hydrogens (tertiary/aromatic N) is 1. The highest BCUT2D eigenvalue weighted by Gasteiger charge is 2.07. The minimum Gasteiger partial charge on any atom is -0.756 e. The van der Waals surface area contributed by atoms with E-state index in [2.05, 4.69) is 19.3 Å². The first-order valence-electron chi connectivity index (χ1n) is 4.75. The van der Waals surface area contributed by atoms with Gasteiger partial charge >= 0.3 is 0 Å². The molecule has 0 fully saturated rings. The molecule has 0 saturated heterocycles. The van der Waals surface area contributed by atoms with Gasteiger partial charge in [0.05, 0.1) is 6.61 Å². The van der Waals surface area contributed by atoms with E-state index in [1.54, 1.807) is 12.1 Å². The molecule has 0 aliphatic carbocycles. The number of nitrogens with one attached hydrogen (secondary N) is 1. The second kappa shape index (κ2) is 6.46. The van der Waals surface area contributed by atoms with Crippen molar-refractivity contribution < 1.29 is 23.3 Å². The second-order valence-electron chi connectivity index (χ2n) is 2.95. The van der Waals surface area contributed by atoms with Crippen molar-refractivity contribution in [3.05, 3.63) is 30.1 Å². The number of carbonyl (C=O) groups excluding carboxylic acids is 1. The number of pyridine rings is 1. The molecule has 0 saturated carbocycles. The zero-order valence-corrected chi connectivity index (χ0v) is 10.1. The number of carbonyl (C=O) groups is 1. The molecule has 17 heavy (non-hydrogen) atoms. The van der Waals surface area contributed by atoms with E-state index in [9.17, 15) is 14.3 Å². The minimum absolute atomic E-state index is 0.0662. The summed E-state index contributed by atoms with van der Waals surface area (Å²) in [5.74, 6) is -0.325. The molecule has 1 N–H and O–H groups in total. The van der Waals surface area contributed by atoms with Crippen LogP contribution in [0.5, 0.6) is 0 Å². The Morgan fingerprint density at radius 3 is 2.76 bits per heavy atom. The Hall–Kier alpha value is -1.27. The number of phosphoric ester groups is 1. The van der Waals surface area contributed by atoms with Crippen LogP contribution in [0.1, 0.15) is 10.4 Å². The normalized spacial score (nSPS) is 14.0. The van der Waals surface area contributed by atoms with Crippen molar-refractivity contribution in [2.75, 3.05) is 20.3 Å². The van der Waals surface area contributed by atoms with Crippen molar-refractivity contribution in [2.45, 2.75) is 0 Å². The number of phosphoric acid groups is 1. The fourth-order valence-corrected chi connectivity index (χ4v) is 1.40. The Morgan fingerprint density at radius 1 is 1.53 bits per heavy atom. The lowest BCUT2D eigenvalue weighted by atomic mass is 10.2. The Kier molecular flexibility index (Phi) is 5.24. The Bertz CT molecular complexity index is 411. The minimum atomic E-state index is -4.22. The number of hydrogen-bond acceptors (Lipinski definition) is 6. The van der Waals surface area contributed by atoms with E-state index < -0.39 is 7.82 Å². The van der Waals surface area contributed by atoms with Gasteiger partial charge < -0.3 is 19.3 Å². The van der Waals surface area contributed by atoms with Crippen molar-refractivity contribution in [2.24, 2.45) is 0 Å². The highest BCUT2D eigenvalue weighted by molar-refractivity contribution is 7.45. The van der Waals surface area contributed by atoms with Gasteiger partial charge in [-0.3, -0.25) is 14.3 Å². The molecule has 0 aliphatic rings. The van der Waals surface area contributed by atoms with Gasteiger partial charge in [-0.25, -0.2) is 0 Å².